The number of hydrogen-bond acceptors (Lipinski definition) is 3. The monoisotopic (exact) mass is 398 g/mol. The number of hydrogen-bond donors (Lipinski definition) is 1. The highest BCUT2D eigenvalue weighted by Gasteiger charge is 2.11. The molecule has 0 bridgehead atoms. The molecule has 0 radical (unpaired) electrons. The molecule has 0 unspecified atom stereocenters. The van der Waals surface area contributed by atoms with Crippen molar-refractivity contribution in [1.29, 1.82) is 0 Å². The average Bonchev–Trinajstić information content (AvgIpc) is 2.59. The minimum absolute atomic E-state index is 0.142. The zero-order chi connectivity index (χ0) is 18.0. The van der Waals surface area contributed by atoms with E-state index >= 15 is 0 Å². The maximum absolute atomic E-state index is 12.6. The van der Waals surface area contributed by atoms with Crippen LogP contribution < -0.4 is 5.56 Å². The first-order valence-electron chi connectivity index (χ1n) is 7.71. The molecular formula is C19H15BrN2O3. The minimum Gasteiger partial charge on any atom is -0.478 e. The van der Waals surface area contributed by atoms with Crippen LogP contribution in [0.4, 0.5) is 0 Å². The van der Waals surface area contributed by atoms with Gasteiger partial charge in [0.25, 0.3) is 5.56 Å². The van der Waals surface area contributed by atoms with Gasteiger partial charge in [-0.25, -0.2) is 9.78 Å². The summed E-state index contributed by atoms with van der Waals surface area (Å²) in [7, 11) is 0. The van der Waals surface area contributed by atoms with Gasteiger partial charge in [-0.05, 0) is 48.9 Å². The fraction of sp³-hybridized carbons (Fsp3) is 0.105. The van der Waals surface area contributed by atoms with Gasteiger partial charge in [0, 0.05) is 11.0 Å². The Morgan fingerprint density at radius 3 is 2.72 bits per heavy atom. The molecule has 5 nitrogen and oxygen atoms in total. The normalized spacial score (nSPS) is 11.3. The Morgan fingerprint density at radius 1 is 1.24 bits per heavy atom. The zero-order valence-electron chi connectivity index (χ0n) is 13.4. The van der Waals surface area contributed by atoms with E-state index in [4.69, 9.17) is 5.11 Å². The smallest absolute Gasteiger partial charge is 0.335 e. The van der Waals surface area contributed by atoms with Gasteiger partial charge in [-0.1, -0.05) is 34.1 Å². The topological polar surface area (TPSA) is 72.2 Å². The van der Waals surface area contributed by atoms with Gasteiger partial charge in [0.2, 0.25) is 0 Å². The number of carbonyl (C=O) groups is 1. The average molecular weight is 399 g/mol. The van der Waals surface area contributed by atoms with Crippen molar-refractivity contribution in [3.8, 4) is 0 Å². The van der Waals surface area contributed by atoms with E-state index in [-0.39, 0.29) is 16.8 Å². The molecule has 2 aromatic carbocycles. The molecule has 3 aromatic rings. The maximum Gasteiger partial charge on any atom is 0.335 e. The van der Waals surface area contributed by atoms with Crippen molar-refractivity contribution in [3.63, 3.8) is 0 Å². The summed E-state index contributed by atoms with van der Waals surface area (Å²) < 4.78 is 2.53. The molecule has 0 aliphatic heterocycles. The van der Waals surface area contributed by atoms with Gasteiger partial charge in [0.05, 0.1) is 16.6 Å². The fourth-order valence-electron chi connectivity index (χ4n) is 2.61. The van der Waals surface area contributed by atoms with E-state index in [9.17, 15) is 9.59 Å². The molecule has 0 aliphatic rings. The number of carboxylic acids is 1. The molecule has 0 spiro atoms. The lowest BCUT2D eigenvalue weighted by molar-refractivity contribution is 0.0697. The van der Waals surface area contributed by atoms with Gasteiger partial charge in [-0.2, -0.15) is 0 Å². The maximum atomic E-state index is 12.6. The molecule has 1 N–H and O–H groups in total. The summed E-state index contributed by atoms with van der Waals surface area (Å²) in [6, 6.07) is 12.3. The van der Waals surface area contributed by atoms with E-state index in [2.05, 4.69) is 20.9 Å². The number of carboxylic acid groups (broad SMARTS) is 1. The van der Waals surface area contributed by atoms with Crippen molar-refractivity contribution < 1.29 is 9.90 Å². The van der Waals surface area contributed by atoms with Gasteiger partial charge in [0.1, 0.15) is 5.69 Å². The summed E-state index contributed by atoms with van der Waals surface area (Å²) in [4.78, 5) is 28.2. The summed E-state index contributed by atoms with van der Waals surface area (Å²) in [5.41, 5.74) is 2.25. The molecule has 3 rings (SSSR count). The first kappa shape index (κ1) is 17.1. The number of aromatic carboxylic acids is 1. The number of nitrogens with zero attached hydrogens (tertiary/aromatic N) is 2. The SMILES string of the molecule is CCn1c(=O)c(C=Cc2cccc(Br)c2)nc2cc(C(=O)O)ccc21. The summed E-state index contributed by atoms with van der Waals surface area (Å²) >= 11 is 3.41. The van der Waals surface area contributed by atoms with Crippen molar-refractivity contribution in [3.05, 3.63) is 74.1 Å². The highest BCUT2D eigenvalue weighted by Crippen LogP contribution is 2.16. The van der Waals surface area contributed by atoms with Crippen molar-refractivity contribution in [2.45, 2.75) is 13.5 Å². The molecule has 0 amide bonds. The number of benzene rings is 2. The van der Waals surface area contributed by atoms with E-state index in [1.807, 2.05) is 31.2 Å². The summed E-state index contributed by atoms with van der Waals surface area (Å²) in [6.45, 7) is 2.34. The Labute approximate surface area is 152 Å². The van der Waals surface area contributed by atoms with Crippen molar-refractivity contribution in [1.82, 2.24) is 9.55 Å². The molecule has 0 atom stereocenters. The van der Waals surface area contributed by atoms with Crippen LogP contribution in [-0.2, 0) is 6.54 Å². The van der Waals surface area contributed by atoms with Crippen LogP contribution in [0, 0.1) is 0 Å². The summed E-state index contributed by atoms with van der Waals surface area (Å²) in [5.74, 6) is -1.02. The van der Waals surface area contributed by atoms with Gasteiger partial charge < -0.3 is 9.67 Å². The van der Waals surface area contributed by atoms with Crippen molar-refractivity contribution in [2.75, 3.05) is 0 Å². The molecule has 6 heteroatoms. The van der Waals surface area contributed by atoms with Crippen molar-refractivity contribution >= 4 is 45.1 Å². The molecule has 0 saturated carbocycles. The van der Waals surface area contributed by atoms with Gasteiger partial charge in [0.15, 0.2) is 0 Å². The first-order chi connectivity index (χ1) is 12.0. The van der Waals surface area contributed by atoms with E-state index in [0.717, 1.165) is 10.0 Å². The highest BCUT2D eigenvalue weighted by molar-refractivity contribution is 9.10. The van der Waals surface area contributed by atoms with Crippen molar-refractivity contribution in [2.24, 2.45) is 0 Å². The highest BCUT2D eigenvalue weighted by atomic mass is 79.9. The molecular weight excluding hydrogens is 384 g/mol. The van der Waals surface area contributed by atoms with Crippen LogP contribution in [0.1, 0.15) is 28.5 Å². The lowest BCUT2D eigenvalue weighted by Gasteiger charge is -2.09. The molecule has 0 aliphatic carbocycles. The Hall–Kier alpha value is -2.73. The predicted molar refractivity (Wildman–Crippen MR) is 102 cm³/mol. The Morgan fingerprint density at radius 2 is 2.04 bits per heavy atom. The number of rotatable bonds is 4. The molecule has 126 valence electrons. The Kier molecular flexibility index (Phi) is 4.81. The first-order valence-corrected chi connectivity index (χ1v) is 8.50. The molecule has 1 aromatic heterocycles. The fourth-order valence-corrected chi connectivity index (χ4v) is 3.02. The van der Waals surface area contributed by atoms with Crippen LogP contribution in [0.2, 0.25) is 0 Å². The Bertz CT molecular complexity index is 1050. The van der Waals surface area contributed by atoms with E-state index in [1.54, 1.807) is 22.8 Å². The summed E-state index contributed by atoms with van der Waals surface area (Å²) in [5, 5.41) is 9.16. The largest absolute Gasteiger partial charge is 0.478 e. The minimum atomic E-state index is -1.02. The third-order valence-electron chi connectivity index (χ3n) is 3.82. The summed E-state index contributed by atoms with van der Waals surface area (Å²) in [6.07, 6.45) is 3.46. The number of fused-ring (bicyclic) bond motifs is 1. The lowest BCUT2D eigenvalue weighted by Crippen LogP contribution is -2.23. The number of aryl methyl sites for hydroxylation is 1. The molecule has 1 heterocycles. The third-order valence-corrected chi connectivity index (χ3v) is 4.31. The number of aromatic nitrogens is 2. The standard InChI is InChI=1S/C19H15BrN2O3/c1-2-22-17-9-7-13(19(24)25)11-16(17)21-15(18(22)23)8-6-12-4-3-5-14(20)10-12/h3-11H,2H2,1H3,(H,24,25). The molecule has 0 saturated heterocycles. The zero-order valence-corrected chi connectivity index (χ0v) is 15.0. The van der Waals surface area contributed by atoms with E-state index in [0.29, 0.717) is 17.6 Å². The van der Waals surface area contributed by atoms with Crippen LogP contribution in [-0.4, -0.2) is 20.6 Å². The van der Waals surface area contributed by atoms with E-state index in [1.165, 1.54) is 12.1 Å². The van der Waals surface area contributed by atoms with Crippen LogP contribution in [0.3, 0.4) is 0 Å². The molecule has 0 fully saturated rings. The van der Waals surface area contributed by atoms with E-state index < -0.39 is 5.97 Å². The van der Waals surface area contributed by atoms with Gasteiger partial charge in [-0.15, -0.1) is 0 Å². The van der Waals surface area contributed by atoms with Gasteiger partial charge in [-0.3, -0.25) is 4.79 Å². The quantitative estimate of drug-likeness (QED) is 0.719. The second kappa shape index (κ2) is 7.03. The Balaban J connectivity index is 2.15. The predicted octanol–water partition coefficient (Wildman–Crippen LogP) is 4.05. The van der Waals surface area contributed by atoms with Crippen LogP contribution in [0.25, 0.3) is 23.2 Å². The molecule has 25 heavy (non-hydrogen) atoms. The van der Waals surface area contributed by atoms with Crippen LogP contribution in [0.5, 0.6) is 0 Å². The van der Waals surface area contributed by atoms with Crippen LogP contribution >= 0.6 is 15.9 Å². The van der Waals surface area contributed by atoms with Gasteiger partial charge >= 0.3 is 5.97 Å². The number of halogens is 1. The second-order valence-electron chi connectivity index (χ2n) is 5.44. The second-order valence-corrected chi connectivity index (χ2v) is 6.36. The lowest BCUT2D eigenvalue weighted by atomic mass is 10.1. The third kappa shape index (κ3) is 3.53. The van der Waals surface area contributed by atoms with Crippen LogP contribution in [0.15, 0.2) is 51.7 Å².